The Hall–Kier alpha value is -1.56. The highest BCUT2D eigenvalue weighted by Gasteiger charge is 2.46. The highest BCUT2D eigenvalue weighted by atomic mass is 16.6. The number of hydrogen-bond donors (Lipinski definition) is 2. The van der Waals surface area contributed by atoms with Crippen LogP contribution in [0.2, 0.25) is 0 Å². The van der Waals surface area contributed by atoms with E-state index in [4.69, 9.17) is 28.4 Å². The quantitative estimate of drug-likeness (QED) is 0.117. The molecule has 0 aromatic carbocycles. The molecule has 1 aliphatic heterocycles. The number of amides is 1. The molecule has 0 aromatic rings. The number of rotatable bonds is 23. The summed E-state index contributed by atoms with van der Waals surface area (Å²) in [6.07, 6.45) is 7.17. The monoisotopic (exact) mass is 530 g/mol. The molecule has 0 bridgehead atoms. The molecule has 5 atom stereocenters. The Morgan fingerprint density at radius 2 is 1.59 bits per heavy atom. The van der Waals surface area contributed by atoms with Crippen molar-refractivity contribution in [3.8, 4) is 0 Å². The summed E-state index contributed by atoms with van der Waals surface area (Å²) in [6.45, 7) is 12.6. The van der Waals surface area contributed by atoms with Crippen LogP contribution in [0.1, 0.15) is 59.8 Å². The first kappa shape index (κ1) is 33.5. The first-order valence-electron chi connectivity index (χ1n) is 13.6. The molecule has 1 rings (SSSR count). The lowest BCUT2D eigenvalue weighted by Gasteiger charge is -2.42. The van der Waals surface area contributed by atoms with Crippen molar-refractivity contribution < 1.29 is 38.0 Å². The van der Waals surface area contributed by atoms with Crippen LogP contribution in [-0.2, 0) is 38.0 Å². The van der Waals surface area contributed by atoms with Crippen LogP contribution < -0.4 is 10.6 Å². The number of methoxy groups -OCH3 is 1. The molecule has 10 nitrogen and oxygen atoms in total. The molecule has 37 heavy (non-hydrogen) atoms. The van der Waals surface area contributed by atoms with Crippen LogP contribution >= 0.6 is 0 Å². The van der Waals surface area contributed by atoms with Gasteiger partial charge in [-0.25, -0.2) is 0 Å². The molecule has 0 unspecified atom stereocenters. The lowest BCUT2D eigenvalue weighted by Crippen LogP contribution is -2.62. The van der Waals surface area contributed by atoms with E-state index in [9.17, 15) is 9.59 Å². The second kappa shape index (κ2) is 20.4. The third-order valence-corrected chi connectivity index (χ3v) is 6.47. The van der Waals surface area contributed by atoms with E-state index in [2.05, 4.69) is 30.6 Å². The van der Waals surface area contributed by atoms with Crippen molar-refractivity contribution in [3.05, 3.63) is 12.2 Å². The smallest absolute Gasteiger partial charge is 0.294 e. The Morgan fingerprint density at radius 3 is 2.11 bits per heavy atom. The molecule has 0 aliphatic carbocycles. The highest BCUT2D eigenvalue weighted by Crippen LogP contribution is 2.32. The van der Waals surface area contributed by atoms with Gasteiger partial charge in [-0.05, 0) is 32.6 Å². The molecule has 1 saturated heterocycles. The Labute approximate surface area is 223 Å². The number of allylic oxidation sites excluding steroid dienone is 1. The Bertz CT molecular complexity index is 636. The van der Waals surface area contributed by atoms with Crippen molar-refractivity contribution in [1.29, 1.82) is 0 Å². The minimum atomic E-state index is -0.600. The predicted octanol–water partition coefficient (Wildman–Crippen LogP) is 2.60. The highest BCUT2D eigenvalue weighted by molar-refractivity contribution is 5.76. The third-order valence-electron chi connectivity index (χ3n) is 6.47. The van der Waals surface area contributed by atoms with Gasteiger partial charge in [-0.1, -0.05) is 32.4 Å². The zero-order valence-corrected chi connectivity index (χ0v) is 23.5. The van der Waals surface area contributed by atoms with Crippen molar-refractivity contribution >= 4 is 12.4 Å². The van der Waals surface area contributed by atoms with Crippen molar-refractivity contribution in [2.75, 3.05) is 60.0 Å². The van der Waals surface area contributed by atoms with Gasteiger partial charge in [0, 0.05) is 32.6 Å². The fraction of sp³-hybridized carbons (Fsp3) is 0.852. The molecular formula is C27H50N2O8. The Kier molecular flexibility index (Phi) is 18.5. The van der Waals surface area contributed by atoms with Gasteiger partial charge in [0.05, 0.1) is 57.9 Å². The average Bonchev–Trinajstić information content (AvgIpc) is 3.27. The van der Waals surface area contributed by atoms with Gasteiger partial charge in [-0.15, -0.1) is 0 Å². The lowest BCUT2D eigenvalue weighted by atomic mass is 9.81. The molecule has 0 saturated carbocycles. The van der Waals surface area contributed by atoms with Crippen LogP contribution in [0.25, 0.3) is 0 Å². The van der Waals surface area contributed by atoms with Crippen LogP contribution in [0, 0.1) is 5.92 Å². The van der Waals surface area contributed by atoms with E-state index in [0.717, 1.165) is 25.9 Å². The van der Waals surface area contributed by atoms with Crippen LogP contribution in [0.5, 0.6) is 0 Å². The zero-order chi connectivity index (χ0) is 27.4. The second-order valence-corrected chi connectivity index (χ2v) is 9.35. The molecular weight excluding hydrogens is 480 g/mol. The maximum atomic E-state index is 12.9. The Balaban J connectivity index is 2.48. The van der Waals surface area contributed by atoms with Gasteiger partial charge < -0.3 is 33.7 Å². The molecule has 0 radical (unpaired) electrons. The maximum absolute atomic E-state index is 12.9. The van der Waals surface area contributed by atoms with E-state index in [1.807, 2.05) is 19.9 Å². The van der Waals surface area contributed by atoms with Gasteiger partial charge in [-0.2, -0.15) is 0 Å². The number of carbonyl (C=O) groups excluding carboxylic acids is 2. The molecule has 0 aromatic heterocycles. The summed E-state index contributed by atoms with van der Waals surface area (Å²) < 4.78 is 33.0. The van der Waals surface area contributed by atoms with Gasteiger partial charge in [0.1, 0.15) is 0 Å². The van der Waals surface area contributed by atoms with Crippen LogP contribution in [-0.4, -0.2) is 96.3 Å². The molecule has 1 heterocycles. The van der Waals surface area contributed by atoms with Gasteiger partial charge in [0.15, 0.2) is 6.23 Å². The molecule has 216 valence electrons. The average molecular weight is 531 g/mol. The van der Waals surface area contributed by atoms with E-state index in [-0.39, 0.29) is 36.9 Å². The van der Waals surface area contributed by atoms with E-state index in [1.54, 1.807) is 7.11 Å². The largest absolute Gasteiger partial charge is 0.449 e. The lowest BCUT2D eigenvalue weighted by molar-refractivity contribution is -0.135. The maximum Gasteiger partial charge on any atom is 0.294 e. The molecule has 1 amide bonds. The topological polar surface area (TPSA) is 114 Å². The summed E-state index contributed by atoms with van der Waals surface area (Å²) in [6, 6.07) is -0.488. The second-order valence-electron chi connectivity index (χ2n) is 9.35. The fourth-order valence-corrected chi connectivity index (χ4v) is 4.57. The molecule has 0 spiro atoms. The normalized spacial score (nSPS) is 22.1. The van der Waals surface area contributed by atoms with Gasteiger partial charge in [-0.3, -0.25) is 14.9 Å². The van der Waals surface area contributed by atoms with Crippen LogP contribution in [0.4, 0.5) is 0 Å². The van der Waals surface area contributed by atoms with Crippen molar-refractivity contribution in [2.24, 2.45) is 5.92 Å². The Morgan fingerprint density at radius 1 is 1.00 bits per heavy atom. The first-order chi connectivity index (χ1) is 17.9. The molecule has 1 aliphatic rings. The SMILES string of the molecule is C/C=C\[C@@H]1C[C@H](OC=O)N[C@H]1[C@@H](NC(=O)CCOCCOCCOCCOCCC)[C@](C)(CCC)OC. The van der Waals surface area contributed by atoms with E-state index >= 15 is 0 Å². The summed E-state index contributed by atoms with van der Waals surface area (Å²) in [5, 5.41) is 6.57. The zero-order valence-electron chi connectivity index (χ0n) is 23.5. The van der Waals surface area contributed by atoms with Crippen molar-refractivity contribution in [2.45, 2.75) is 83.7 Å². The van der Waals surface area contributed by atoms with Crippen LogP contribution in [0.15, 0.2) is 12.2 Å². The summed E-state index contributed by atoms with van der Waals surface area (Å²) in [7, 11) is 1.67. The molecule has 10 heteroatoms. The summed E-state index contributed by atoms with van der Waals surface area (Å²) >= 11 is 0. The van der Waals surface area contributed by atoms with Gasteiger partial charge >= 0.3 is 0 Å². The number of carbonyl (C=O) groups is 2. The van der Waals surface area contributed by atoms with Crippen LogP contribution in [0.3, 0.4) is 0 Å². The first-order valence-corrected chi connectivity index (χ1v) is 13.6. The van der Waals surface area contributed by atoms with Gasteiger partial charge in [0.2, 0.25) is 5.91 Å². The molecule has 2 N–H and O–H groups in total. The van der Waals surface area contributed by atoms with Crippen molar-refractivity contribution in [3.63, 3.8) is 0 Å². The van der Waals surface area contributed by atoms with Gasteiger partial charge in [0.25, 0.3) is 6.47 Å². The number of ether oxygens (including phenoxy) is 6. The summed E-state index contributed by atoms with van der Waals surface area (Å²) in [5.74, 6) is -0.0439. The standard InChI is InChI=1S/C27H50N2O8/c1-6-9-22-20-24(37-21-30)29-25(22)26(27(4,32-5)11-7-2)28-23(31)10-13-34-15-17-36-19-18-35-16-14-33-12-8-3/h6,9,21-22,24-26,29H,7-8,10-20H2,1-5H3,(H,28,31)/b9-6-/t22-,24+,25-,26-,27+/m1/s1. The van der Waals surface area contributed by atoms with Crippen molar-refractivity contribution in [1.82, 2.24) is 10.6 Å². The number of nitrogens with one attached hydrogen (secondary N) is 2. The van der Waals surface area contributed by atoms with E-state index in [0.29, 0.717) is 52.5 Å². The molecule has 1 fully saturated rings. The fourth-order valence-electron chi connectivity index (χ4n) is 4.57. The van der Waals surface area contributed by atoms with E-state index < -0.39 is 11.8 Å². The summed E-state index contributed by atoms with van der Waals surface area (Å²) in [5.41, 5.74) is -0.600. The third kappa shape index (κ3) is 13.2. The predicted molar refractivity (Wildman–Crippen MR) is 141 cm³/mol. The minimum Gasteiger partial charge on any atom is -0.449 e. The minimum absolute atomic E-state index is 0.0767. The van der Waals surface area contributed by atoms with E-state index in [1.165, 1.54) is 0 Å². The summed E-state index contributed by atoms with van der Waals surface area (Å²) in [4.78, 5) is 23.8. The number of hydrogen-bond acceptors (Lipinski definition) is 9.